The van der Waals surface area contributed by atoms with Crippen LogP contribution in [0, 0.1) is 19.8 Å². The van der Waals surface area contributed by atoms with Crippen molar-refractivity contribution in [3.05, 3.63) is 58.2 Å². The van der Waals surface area contributed by atoms with Gasteiger partial charge < -0.3 is 19.6 Å². The molecule has 0 bridgehead atoms. The number of aromatic nitrogens is 1. The molecule has 1 aliphatic rings. The molecule has 3 rings (SSSR count). The predicted octanol–water partition coefficient (Wildman–Crippen LogP) is 2.41. The van der Waals surface area contributed by atoms with Gasteiger partial charge in [0.25, 0.3) is 0 Å². The Bertz CT molecular complexity index is 1060. The fourth-order valence-corrected chi connectivity index (χ4v) is 3.92. The van der Waals surface area contributed by atoms with Gasteiger partial charge in [-0.25, -0.2) is 0 Å². The lowest BCUT2D eigenvalue weighted by molar-refractivity contribution is -0.146. The van der Waals surface area contributed by atoms with Crippen molar-refractivity contribution in [3.8, 4) is 5.75 Å². The Kier molecular flexibility index (Phi) is 7.56. The number of aryl methyl sites for hydroxylation is 2. The molecule has 2 aromatic rings. The lowest BCUT2D eigenvalue weighted by Crippen LogP contribution is -2.32. The van der Waals surface area contributed by atoms with E-state index in [0.717, 1.165) is 32.9 Å². The molecule has 0 radical (unpaired) electrons. The quantitative estimate of drug-likeness (QED) is 0.405. The number of esters is 1. The number of benzene rings is 1. The van der Waals surface area contributed by atoms with Crippen LogP contribution in [-0.2, 0) is 27.3 Å². The molecule has 1 aliphatic heterocycles. The van der Waals surface area contributed by atoms with Gasteiger partial charge in [-0.2, -0.15) is 4.73 Å². The maximum absolute atomic E-state index is 12.6. The molecule has 0 saturated carbocycles. The first-order valence-corrected chi connectivity index (χ1v) is 10.7. The minimum Gasteiger partial charge on any atom is -0.494 e. The normalized spacial score (nSPS) is 16.5. The first kappa shape index (κ1) is 23.4. The number of ether oxygens (including phenoxy) is 2. The van der Waals surface area contributed by atoms with Crippen LogP contribution in [0.15, 0.2) is 35.3 Å². The molecular formula is C24H31N3O5. The molecule has 0 saturated heterocycles. The SMILES string of the molecule is COC(=O)CC1Cc2ccc(OCCCN=c3cc(C)cc(C)n3O)cc2CN(C)C1=O. The molecule has 8 nitrogen and oxygen atoms in total. The number of hydrogen-bond acceptors (Lipinski definition) is 6. The van der Waals surface area contributed by atoms with Crippen LogP contribution in [0.4, 0.5) is 0 Å². The summed E-state index contributed by atoms with van der Waals surface area (Å²) >= 11 is 0. The summed E-state index contributed by atoms with van der Waals surface area (Å²) < 4.78 is 11.7. The number of rotatable bonds is 7. The summed E-state index contributed by atoms with van der Waals surface area (Å²) in [7, 11) is 3.08. The average Bonchev–Trinajstić information content (AvgIpc) is 2.87. The predicted molar refractivity (Wildman–Crippen MR) is 118 cm³/mol. The van der Waals surface area contributed by atoms with Gasteiger partial charge in [0.15, 0.2) is 5.49 Å². The van der Waals surface area contributed by atoms with Crippen molar-refractivity contribution < 1.29 is 24.3 Å². The second kappa shape index (κ2) is 10.3. The first-order chi connectivity index (χ1) is 15.3. The van der Waals surface area contributed by atoms with Gasteiger partial charge in [0.1, 0.15) is 5.75 Å². The highest BCUT2D eigenvalue weighted by Gasteiger charge is 2.29. The highest BCUT2D eigenvalue weighted by Crippen LogP contribution is 2.27. The molecule has 1 N–H and O–H groups in total. The van der Waals surface area contributed by atoms with E-state index in [2.05, 4.69) is 4.99 Å². The second-order valence-electron chi connectivity index (χ2n) is 8.23. The summed E-state index contributed by atoms with van der Waals surface area (Å²) in [6, 6.07) is 9.56. The monoisotopic (exact) mass is 441 g/mol. The Morgan fingerprint density at radius 3 is 2.75 bits per heavy atom. The minimum atomic E-state index is -0.415. The van der Waals surface area contributed by atoms with Crippen LogP contribution >= 0.6 is 0 Å². The van der Waals surface area contributed by atoms with E-state index < -0.39 is 5.92 Å². The summed E-state index contributed by atoms with van der Waals surface area (Å²) in [4.78, 5) is 30.4. The van der Waals surface area contributed by atoms with Crippen molar-refractivity contribution in [3.63, 3.8) is 0 Å². The Morgan fingerprint density at radius 1 is 1.22 bits per heavy atom. The summed E-state index contributed by atoms with van der Waals surface area (Å²) in [6.07, 6.45) is 1.28. The van der Waals surface area contributed by atoms with Crippen molar-refractivity contribution in [1.29, 1.82) is 0 Å². The molecule has 0 fully saturated rings. The molecule has 172 valence electrons. The van der Waals surface area contributed by atoms with Crippen molar-refractivity contribution >= 4 is 11.9 Å². The van der Waals surface area contributed by atoms with E-state index in [1.165, 1.54) is 7.11 Å². The second-order valence-corrected chi connectivity index (χ2v) is 8.23. The van der Waals surface area contributed by atoms with Gasteiger partial charge in [-0.3, -0.25) is 14.6 Å². The zero-order valence-corrected chi connectivity index (χ0v) is 19.1. The van der Waals surface area contributed by atoms with Crippen LogP contribution in [0.25, 0.3) is 0 Å². The van der Waals surface area contributed by atoms with E-state index in [-0.39, 0.29) is 18.3 Å². The van der Waals surface area contributed by atoms with Crippen LogP contribution in [0.5, 0.6) is 5.75 Å². The standard InChI is InChI=1S/C24H31N3O5/c1-16-10-17(2)27(30)22(11-16)25-8-5-9-32-21-7-6-18-12-19(14-23(28)31-4)24(29)26(3)15-20(18)13-21/h6-7,10-11,13,19,30H,5,8-9,12,14-15H2,1-4H3. The van der Waals surface area contributed by atoms with Crippen molar-refractivity contribution in [2.24, 2.45) is 10.9 Å². The molecule has 32 heavy (non-hydrogen) atoms. The summed E-state index contributed by atoms with van der Waals surface area (Å²) in [6.45, 7) is 5.28. The number of amides is 1. The van der Waals surface area contributed by atoms with E-state index in [9.17, 15) is 14.8 Å². The maximum Gasteiger partial charge on any atom is 0.306 e. The Hall–Kier alpha value is -3.29. The number of carbonyl (C=O) groups excluding carboxylic acids is 2. The highest BCUT2D eigenvalue weighted by molar-refractivity contribution is 5.84. The van der Waals surface area contributed by atoms with E-state index in [0.29, 0.717) is 38.0 Å². The third-order valence-corrected chi connectivity index (χ3v) is 5.61. The summed E-state index contributed by atoms with van der Waals surface area (Å²) in [5.41, 5.74) is 4.38. The summed E-state index contributed by atoms with van der Waals surface area (Å²) in [5.74, 6) is -0.109. The number of nitrogens with zero attached hydrogens (tertiary/aromatic N) is 3. The molecule has 1 unspecified atom stereocenters. The molecule has 1 aromatic heterocycles. The van der Waals surface area contributed by atoms with Gasteiger partial charge in [0, 0.05) is 26.6 Å². The molecule has 2 heterocycles. The topological polar surface area (TPSA) is 93.4 Å². The number of pyridine rings is 1. The third kappa shape index (κ3) is 5.69. The molecule has 1 atom stereocenters. The van der Waals surface area contributed by atoms with Crippen molar-refractivity contribution in [2.75, 3.05) is 27.3 Å². The fraction of sp³-hybridized carbons (Fsp3) is 0.458. The van der Waals surface area contributed by atoms with Gasteiger partial charge in [-0.05, 0) is 61.2 Å². The van der Waals surface area contributed by atoms with Crippen LogP contribution in [-0.4, -0.2) is 54.0 Å². The van der Waals surface area contributed by atoms with Gasteiger partial charge in [-0.1, -0.05) is 6.07 Å². The van der Waals surface area contributed by atoms with Gasteiger partial charge in [0.2, 0.25) is 5.91 Å². The molecular weight excluding hydrogens is 410 g/mol. The van der Waals surface area contributed by atoms with E-state index >= 15 is 0 Å². The van der Waals surface area contributed by atoms with Gasteiger partial charge in [-0.15, -0.1) is 0 Å². The molecule has 1 amide bonds. The third-order valence-electron chi connectivity index (χ3n) is 5.61. The molecule has 8 heteroatoms. The van der Waals surface area contributed by atoms with Crippen LogP contribution in [0.2, 0.25) is 0 Å². The minimum absolute atomic E-state index is 0.0526. The number of fused-ring (bicyclic) bond motifs is 1. The molecule has 0 aliphatic carbocycles. The molecule has 0 spiro atoms. The van der Waals surface area contributed by atoms with Gasteiger partial charge in [0.05, 0.1) is 31.7 Å². The number of hydrogen-bond donors (Lipinski definition) is 1. The average molecular weight is 442 g/mol. The zero-order valence-electron chi connectivity index (χ0n) is 19.1. The zero-order chi connectivity index (χ0) is 23.3. The van der Waals surface area contributed by atoms with Crippen molar-refractivity contribution in [2.45, 2.75) is 39.7 Å². The van der Waals surface area contributed by atoms with E-state index in [1.54, 1.807) is 11.9 Å². The fourth-order valence-electron chi connectivity index (χ4n) is 3.92. The largest absolute Gasteiger partial charge is 0.494 e. The highest BCUT2D eigenvalue weighted by atomic mass is 16.5. The van der Waals surface area contributed by atoms with Crippen LogP contribution in [0.3, 0.4) is 0 Å². The van der Waals surface area contributed by atoms with Crippen LogP contribution < -0.4 is 10.2 Å². The van der Waals surface area contributed by atoms with Gasteiger partial charge >= 0.3 is 5.97 Å². The Labute approximate surface area is 188 Å². The molecule has 1 aromatic carbocycles. The number of methoxy groups -OCH3 is 1. The Balaban J connectivity index is 1.61. The van der Waals surface area contributed by atoms with E-state index in [4.69, 9.17) is 9.47 Å². The Morgan fingerprint density at radius 2 is 2.00 bits per heavy atom. The van der Waals surface area contributed by atoms with E-state index in [1.807, 2.05) is 44.2 Å². The first-order valence-electron chi connectivity index (χ1n) is 10.7. The van der Waals surface area contributed by atoms with Crippen LogP contribution in [0.1, 0.15) is 35.2 Å². The van der Waals surface area contributed by atoms with Crippen molar-refractivity contribution in [1.82, 2.24) is 9.63 Å². The number of carbonyl (C=O) groups is 2. The summed E-state index contributed by atoms with van der Waals surface area (Å²) in [5, 5.41) is 10.1. The lowest BCUT2D eigenvalue weighted by atomic mass is 9.94. The lowest BCUT2D eigenvalue weighted by Gasteiger charge is -2.19. The smallest absolute Gasteiger partial charge is 0.306 e. The maximum atomic E-state index is 12.6.